The molecule has 0 radical (unpaired) electrons. The second-order valence-corrected chi connectivity index (χ2v) is 3.36. The summed E-state index contributed by atoms with van der Waals surface area (Å²) in [5, 5.41) is 0. The average Bonchev–Trinajstić information content (AvgIpc) is 2.53. The topological polar surface area (TPSA) is 30.4 Å². The van der Waals surface area contributed by atoms with Crippen LogP contribution in [0.25, 0.3) is 5.65 Å². The molecule has 0 aliphatic rings. The maximum Gasteiger partial charge on any atom is 0.175 e. The number of hydrogen-bond donors (Lipinski definition) is 0. The monoisotopic (exact) mass is 164 g/mol. The number of fused-ring (bicyclic) bond motifs is 1. The van der Waals surface area contributed by atoms with Crippen LogP contribution in [0.15, 0.2) is 17.0 Å². The molecule has 64 valence electrons. The summed E-state index contributed by atoms with van der Waals surface area (Å²) in [5.74, 6) is 0.450. The summed E-state index contributed by atoms with van der Waals surface area (Å²) in [7, 11) is 0. The molecule has 0 saturated carbocycles. The van der Waals surface area contributed by atoms with Crippen LogP contribution in [0.5, 0.6) is 0 Å². The molecule has 0 saturated heterocycles. The highest BCUT2D eigenvalue weighted by molar-refractivity contribution is 5.45. The lowest BCUT2D eigenvalue weighted by Gasteiger charge is -1.98. The predicted molar refractivity (Wildman–Crippen MR) is 46.3 cm³/mol. The number of aryl methyl sites for hydroxylation is 1. The molecule has 0 N–H and O–H groups in total. The maximum absolute atomic E-state index is 5.34. The molecule has 0 atom stereocenters. The standard InChI is InChI=1S/C9H12N2O/c1-6(2)8-4-10-9-7(3)5-12-11(8)9/h4-6H,1-3H3. The van der Waals surface area contributed by atoms with Gasteiger partial charge in [-0.2, -0.15) is 4.57 Å². The van der Waals surface area contributed by atoms with E-state index in [4.69, 9.17) is 4.52 Å². The first kappa shape index (κ1) is 7.40. The zero-order chi connectivity index (χ0) is 8.72. The summed E-state index contributed by atoms with van der Waals surface area (Å²) in [6, 6.07) is 0. The molecule has 2 rings (SSSR count). The van der Waals surface area contributed by atoms with Crippen molar-refractivity contribution in [3.63, 3.8) is 0 Å². The Bertz CT molecular complexity index is 397. The van der Waals surface area contributed by atoms with Gasteiger partial charge in [0.2, 0.25) is 0 Å². The Kier molecular flexibility index (Phi) is 1.46. The fraction of sp³-hybridized carbons (Fsp3) is 0.444. The van der Waals surface area contributed by atoms with E-state index in [-0.39, 0.29) is 0 Å². The van der Waals surface area contributed by atoms with Gasteiger partial charge in [0.1, 0.15) is 6.26 Å². The van der Waals surface area contributed by atoms with Crippen molar-refractivity contribution in [3.05, 3.63) is 23.7 Å². The summed E-state index contributed by atoms with van der Waals surface area (Å²) in [4.78, 5) is 4.27. The molecule has 0 amide bonds. The Hall–Kier alpha value is -1.25. The van der Waals surface area contributed by atoms with Crippen molar-refractivity contribution in [3.8, 4) is 0 Å². The van der Waals surface area contributed by atoms with Crippen LogP contribution in [0, 0.1) is 6.92 Å². The Labute approximate surface area is 71.0 Å². The number of imidazole rings is 1. The van der Waals surface area contributed by atoms with Crippen molar-refractivity contribution in [1.82, 2.24) is 9.56 Å². The van der Waals surface area contributed by atoms with Crippen LogP contribution in [-0.4, -0.2) is 9.56 Å². The van der Waals surface area contributed by atoms with Crippen molar-refractivity contribution in [2.24, 2.45) is 0 Å². The molecule has 0 aliphatic carbocycles. The SMILES string of the molecule is Cc1con2c(C(C)C)cnc12. The highest BCUT2D eigenvalue weighted by atomic mass is 16.5. The van der Waals surface area contributed by atoms with Gasteiger partial charge in [0.05, 0.1) is 11.9 Å². The van der Waals surface area contributed by atoms with Gasteiger partial charge < -0.3 is 4.52 Å². The molecule has 0 spiro atoms. The molecule has 0 bridgehead atoms. The highest BCUT2D eigenvalue weighted by Crippen LogP contribution is 2.18. The second-order valence-electron chi connectivity index (χ2n) is 3.36. The van der Waals surface area contributed by atoms with E-state index in [9.17, 15) is 0 Å². The van der Waals surface area contributed by atoms with E-state index >= 15 is 0 Å². The molecule has 0 aromatic carbocycles. The van der Waals surface area contributed by atoms with Crippen molar-refractivity contribution >= 4 is 5.65 Å². The van der Waals surface area contributed by atoms with E-state index in [1.165, 1.54) is 0 Å². The summed E-state index contributed by atoms with van der Waals surface area (Å²) in [5.41, 5.74) is 3.14. The summed E-state index contributed by atoms with van der Waals surface area (Å²) >= 11 is 0. The van der Waals surface area contributed by atoms with Gasteiger partial charge >= 0.3 is 0 Å². The second kappa shape index (κ2) is 2.37. The Morgan fingerprint density at radius 3 is 2.92 bits per heavy atom. The fourth-order valence-corrected chi connectivity index (χ4v) is 1.30. The zero-order valence-corrected chi connectivity index (χ0v) is 7.53. The van der Waals surface area contributed by atoms with Crippen LogP contribution in [0.1, 0.15) is 31.0 Å². The van der Waals surface area contributed by atoms with E-state index < -0.39 is 0 Å². The molecule has 3 heteroatoms. The minimum Gasteiger partial charge on any atom is -0.381 e. The molecular weight excluding hydrogens is 152 g/mol. The van der Waals surface area contributed by atoms with E-state index in [1.807, 2.05) is 13.1 Å². The van der Waals surface area contributed by atoms with E-state index in [0.29, 0.717) is 5.92 Å². The van der Waals surface area contributed by atoms with Gasteiger partial charge in [0, 0.05) is 5.56 Å². The third-order valence-corrected chi connectivity index (χ3v) is 2.03. The van der Waals surface area contributed by atoms with Gasteiger partial charge in [-0.05, 0) is 12.8 Å². The smallest absolute Gasteiger partial charge is 0.175 e. The van der Waals surface area contributed by atoms with Gasteiger partial charge in [-0.25, -0.2) is 4.98 Å². The number of rotatable bonds is 1. The number of aromatic nitrogens is 2. The van der Waals surface area contributed by atoms with Crippen molar-refractivity contribution < 1.29 is 4.52 Å². The highest BCUT2D eigenvalue weighted by Gasteiger charge is 2.10. The first-order valence-corrected chi connectivity index (χ1v) is 4.12. The van der Waals surface area contributed by atoms with Gasteiger partial charge in [0.25, 0.3) is 0 Å². The molecule has 0 aliphatic heterocycles. The molecule has 3 nitrogen and oxygen atoms in total. The first-order valence-electron chi connectivity index (χ1n) is 4.12. The van der Waals surface area contributed by atoms with Gasteiger partial charge in [-0.3, -0.25) is 0 Å². The van der Waals surface area contributed by atoms with E-state index in [1.54, 1.807) is 10.8 Å². The van der Waals surface area contributed by atoms with Gasteiger partial charge in [0.15, 0.2) is 5.65 Å². The summed E-state index contributed by atoms with van der Waals surface area (Å²) in [6.07, 6.45) is 3.60. The summed E-state index contributed by atoms with van der Waals surface area (Å²) < 4.78 is 7.13. The molecule has 2 heterocycles. The number of nitrogens with zero attached hydrogens (tertiary/aromatic N) is 2. The van der Waals surface area contributed by atoms with Crippen molar-refractivity contribution in [2.45, 2.75) is 26.7 Å². The Morgan fingerprint density at radius 1 is 1.50 bits per heavy atom. The van der Waals surface area contributed by atoms with Crippen LogP contribution < -0.4 is 0 Å². The average molecular weight is 164 g/mol. The van der Waals surface area contributed by atoms with Crippen molar-refractivity contribution in [1.29, 1.82) is 0 Å². The zero-order valence-electron chi connectivity index (χ0n) is 7.53. The van der Waals surface area contributed by atoms with Crippen LogP contribution in [0.3, 0.4) is 0 Å². The largest absolute Gasteiger partial charge is 0.381 e. The summed E-state index contributed by atoms with van der Waals surface area (Å²) in [6.45, 7) is 6.25. The van der Waals surface area contributed by atoms with Crippen LogP contribution in [-0.2, 0) is 0 Å². The minimum atomic E-state index is 0.450. The molecule has 2 aromatic rings. The maximum atomic E-state index is 5.34. The normalized spacial score (nSPS) is 11.7. The lowest BCUT2D eigenvalue weighted by Crippen LogP contribution is -1.91. The molecular formula is C9H12N2O. The first-order chi connectivity index (χ1) is 5.70. The lowest BCUT2D eigenvalue weighted by atomic mass is 10.2. The quantitative estimate of drug-likeness (QED) is 0.647. The fourth-order valence-electron chi connectivity index (χ4n) is 1.30. The lowest BCUT2D eigenvalue weighted by molar-refractivity contribution is 0.361. The van der Waals surface area contributed by atoms with Gasteiger partial charge in [-0.1, -0.05) is 13.8 Å². The Balaban J connectivity index is 2.71. The predicted octanol–water partition coefficient (Wildman–Crippen LogP) is 2.36. The molecule has 12 heavy (non-hydrogen) atoms. The third-order valence-electron chi connectivity index (χ3n) is 2.03. The van der Waals surface area contributed by atoms with E-state index in [2.05, 4.69) is 18.8 Å². The van der Waals surface area contributed by atoms with Crippen molar-refractivity contribution in [2.75, 3.05) is 0 Å². The van der Waals surface area contributed by atoms with E-state index in [0.717, 1.165) is 16.9 Å². The molecule has 0 fully saturated rings. The van der Waals surface area contributed by atoms with Crippen LogP contribution in [0.2, 0.25) is 0 Å². The van der Waals surface area contributed by atoms with Gasteiger partial charge in [-0.15, -0.1) is 0 Å². The minimum absolute atomic E-state index is 0.450. The Morgan fingerprint density at radius 2 is 2.25 bits per heavy atom. The van der Waals surface area contributed by atoms with Crippen LogP contribution in [0.4, 0.5) is 0 Å². The third kappa shape index (κ3) is 0.858. The molecule has 2 aromatic heterocycles. The number of hydrogen-bond acceptors (Lipinski definition) is 2. The molecule has 0 unspecified atom stereocenters. The van der Waals surface area contributed by atoms with Crippen LogP contribution >= 0.6 is 0 Å².